The van der Waals surface area contributed by atoms with Crippen molar-refractivity contribution in [2.75, 3.05) is 0 Å². The van der Waals surface area contributed by atoms with Crippen molar-refractivity contribution in [3.63, 3.8) is 0 Å². The van der Waals surface area contributed by atoms with Crippen molar-refractivity contribution in [3.8, 4) is 0 Å². The molecule has 1 fully saturated rings. The molecule has 0 saturated heterocycles. The number of rotatable bonds is 8. The largest absolute Gasteiger partial charge is 0.481 e. The number of aliphatic carboxylic acids is 1. The minimum atomic E-state index is -0.908. The molecule has 1 heterocycles. The Labute approximate surface area is 184 Å². The van der Waals surface area contributed by atoms with Gasteiger partial charge < -0.3 is 15.4 Å². The van der Waals surface area contributed by atoms with Crippen molar-refractivity contribution in [1.29, 1.82) is 0 Å². The number of hydrogen-bond donors (Lipinski definition) is 3. The second-order valence-corrected chi connectivity index (χ2v) is 7.92. The Morgan fingerprint density at radius 2 is 1.59 bits per heavy atom. The number of nitrogens with one attached hydrogen (secondary N) is 2. The number of hydrogen-bond acceptors (Lipinski definition) is 4. The lowest BCUT2D eigenvalue weighted by atomic mass is 9.98. The molecule has 0 aliphatic heterocycles. The van der Waals surface area contributed by atoms with Gasteiger partial charge in [-0.25, -0.2) is 0 Å². The summed E-state index contributed by atoms with van der Waals surface area (Å²) in [6.45, 7) is 0. The molecule has 7 nitrogen and oxygen atoms in total. The van der Waals surface area contributed by atoms with Crippen LogP contribution in [0, 0.1) is 11.8 Å². The Morgan fingerprint density at radius 3 is 2.09 bits per heavy atom. The van der Waals surface area contributed by atoms with Crippen LogP contribution in [0.3, 0.4) is 0 Å². The maximum absolute atomic E-state index is 12.9. The molecule has 1 saturated carbocycles. The maximum Gasteiger partial charge on any atom is 0.306 e. The predicted octanol–water partition coefficient (Wildman–Crippen LogP) is 3.19. The molecule has 2 atom stereocenters. The number of carbonyl (C=O) groups excluding carboxylic acids is 2. The van der Waals surface area contributed by atoms with Gasteiger partial charge in [-0.05, 0) is 23.5 Å². The Kier molecular flexibility index (Phi) is 5.98. The van der Waals surface area contributed by atoms with E-state index in [4.69, 9.17) is 5.11 Å². The van der Waals surface area contributed by atoms with E-state index < -0.39 is 29.3 Å². The molecule has 7 heteroatoms. The summed E-state index contributed by atoms with van der Waals surface area (Å²) in [5, 5.41) is 11.9. The lowest BCUT2D eigenvalue weighted by molar-refractivity contribution is -0.138. The summed E-state index contributed by atoms with van der Waals surface area (Å²) >= 11 is 0. The molecule has 32 heavy (non-hydrogen) atoms. The molecule has 3 N–H and O–H groups in total. The van der Waals surface area contributed by atoms with Gasteiger partial charge in [0.05, 0.1) is 17.7 Å². The fraction of sp³-hybridized carbons (Fsp3) is 0.200. The lowest BCUT2D eigenvalue weighted by Crippen LogP contribution is -2.33. The van der Waals surface area contributed by atoms with Crippen LogP contribution >= 0.6 is 0 Å². The number of carboxylic acids is 1. The average molecular weight is 430 g/mol. The summed E-state index contributed by atoms with van der Waals surface area (Å²) in [6, 6.07) is 19.5. The minimum absolute atomic E-state index is 0.0581. The summed E-state index contributed by atoms with van der Waals surface area (Å²) in [4.78, 5) is 51.6. The number of Topliss-reactive ketones (excluding diaryl/α,β-unsaturated/α-hetero) is 1. The molecule has 0 unspecified atom stereocenters. The van der Waals surface area contributed by atoms with E-state index in [0.717, 1.165) is 17.2 Å². The second kappa shape index (κ2) is 9.01. The average Bonchev–Trinajstić information content (AvgIpc) is 3.58. The molecule has 3 aromatic rings. The highest BCUT2D eigenvalue weighted by molar-refractivity contribution is 5.97. The summed E-state index contributed by atoms with van der Waals surface area (Å²) in [5.74, 6) is -2.51. The van der Waals surface area contributed by atoms with Crippen LogP contribution in [0.15, 0.2) is 77.7 Å². The molecule has 1 amide bonds. The smallest absolute Gasteiger partial charge is 0.306 e. The second-order valence-electron chi connectivity index (χ2n) is 7.92. The third-order valence-electron chi connectivity index (χ3n) is 5.69. The van der Waals surface area contributed by atoms with Gasteiger partial charge in [0.1, 0.15) is 5.56 Å². The fourth-order valence-electron chi connectivity index (χ4n) is 3.79. The number of ketones is 1. The van der Waals surface area contributed by atoms with Crippen molar-refractivity contribution in [3.05, 3.63) is 106 Å². The minimum Gasteiger partial charge on any atom is -0.481 e. The summed E-state index contributed by atoms with van der Waals surface area (Å²) in [6.07, 6.45) is 1.76. The molecule has 0 radical (unpaired) electrons. The van der Waals surface area contributed by atoms with Crippen molar-refractivity contribution in [2.24, 2.45) is 11.8 Å². The van der Waals surface area contributed by atoms with Crippen LogP contribution in [0.5, 0.6) is 0 Å². The highest BCUT2D eigenvalue weighted by Crippen LogP contribution is 2.41. The molecule has 1 aliphatic rings. The van der Waals surface area contributed by atoms with E-state index in [1.807, 2.05) is 60.7 Å². The SMILES string of the molecule is O=C(C[C@@H]1C[C@H]1C(=O)O)c1cc(=O)c(C(=O)NC(c2ccccc2)c2ccccc2)c[nH]1. The van der Waals surface area contributed by atoms with E-state index in [0.29, 0.717) is 6.42 Å². The Bertz CT molecular complexity index is 1160. The van der Waals surface area contributed by atoms with E-state index in [1.54, 1.807) is 0 Å². The zero-order chi connectivity index (χ0) is 22.7. The lowest BCUT2D eigenvalue weighted by Gasteiger charge is -2.20. The Hall–Kier alpha value is -4.00. The molecular weight excluding hydrogens is 408 g/mol. The van der Waals surface area contributed by atoms with Gasteiger partial charge in [-0.15, -0.1) is 0 Å². The number of pyridine rings is 1. The van der Waals surface area contributed by atoms with E-state index >= 15 is 0 Å². The first-order chi connectivity index (χ1) is 15.4. The van der Waals surface area contributed by atoms with Crippen LogP contribution in [0.1, 0.15) is 50.9 Å². The van der Waals surface area contributed by atoms with Gasteiger partial charge in [0.25, 0.3) is 5.91 Å². The van der Waals surface area contributed by atoms with Crippen LogP contribution in [0.4, 0.5) is 0 Å². The topological polar surface area (TPSA) is 116 Å². The molecule has 4 rings (SSSR count). The van der Waals surface area contributed by atoms with Crippen molar-refractivity contribution in [2.45, 2.75) is 18.9 Å². The zero-order valence-corrected chi connectivity index (χ0v) is 17.2. The number of aromatic nitrogens is 1. The van der Waals surface area contributed by atoms with E-state index in [9.17, 15) is 19.2 Å². The monoisotopic (exact) mass is 430 g/mol. The number of carboxylic acid groups (broad SMARTS) is 1. The van der Waals surface area contributed by atoms with Gasteiger partial charge in [-0.2, -0.15) is 0 Å². The summed E-state index contributed by atoms with van der Waals surface area (Å²) < 4.78 is 0. The van der Waals surface area contributed by atoms with Gasteiger partial charge in [-0.1, -0.05) is 60.7 Å². The highest BCUT2D eigenvalue weighted by Gasteiger charge is 2.44. The van der Waals surface area contributed by atoms with Crippen LogP contribution in [0.2, 0.25) is 0 Å². The third-order valence-corrected chi connectivity index (χ3v) is 5.69. The first-order valence-electron chi connectivity index (χ1n) is 10.3. The first-order valence-corrected chi connectivity index (χ1v) is 10.3. The number of H-pyrrole nitrogens is 1. The molecule has 0 spiro atoms. The van der Waals surface area contributed by atoms with Crippen molar-refractivity contribution < 1.29 is 19.5 Å². The van der Waals surface area contributed by atoms with Gasteiger partial charge >= 0.3 is 5.97 Å². The number of carbonyl (C=O) groups is 3. The molecular formula is C25H22N2O5. The van der Waals surface area contributed by atoms with Gasteiger partial charge in [-0.3, -0.25) is 19.2 Å². The summed E-state index contributed by atoms with van der Waals surface area (Å²) in [7, 11) is 0. The van der Waals surface area contributed by atoms with Gasteiger partial charge in [0, 0.05) is 18.7 Å². The van der Waals surface area contributed by atoms with Crippen LogP contribution in [0.25, 0.3) is 0 Å². The van der Waals surface area contributed by atoms with Gasteiger partial charge in [0.15, 0.2) is 11.2 Å². The van der Waals surface area contributed by atoms with Crippen LogP contribution in [-0.4, -0.2) is 27.8 Å². The molecule has 1 aliphatic carbocycles. The zero-order valence-electron chi connectivity index (χ0n) is 17.2. The molecule has 1 aromatic heterocycles. The van der Waals surface area contributed by atoms with Crippen molar-refractivity contribution >= 4 is 17.7 Å². The van der Waals surface area contributed by atoms with E-state index in [-0.39, 0.29) is 29.4 Å². The third kappa shape index (κ3) is 4.67. The van der Waals surface area contributed by atoms with E-state index in [2.05, 4.69) is 10.3 Å². The van der Waals surface area contributed by atoms with Crippen LogP contribution in [-0.2, 0) is 4.79 Å². The van der Waals surface area contributed by atoms with E-state index in [1.165, 1.54) is 6.20 Å². The highest BCUT2D eigenvalue weighted by atomic mass is 16.4. The molecule has 162 valence electrons. The first kappa shape index (κ1) is 21.2. The fourth-order valence-corrected chi connectivity index (χ4v) is 3.79. The molecule has 0 bridgehead atoms. The summed E-state index contributed by atoms with van der Waals surface area (Å²) in [5.41, 5.74) is 1.13. The number of amides is 1. The standard InChI is InChI=1S/C25H22N2O5/c28-21-13-20(22(29)12-17-11-18(17)25(31)32)26-14-19(21)24(30)27-23(15-7-3-1-4-8-15)16-9-5-2-6-10-16/h1-10,13-14,17-18,23H,11-12H2,(H,26,28)(H,27,30)(H,31,32)/t17-,18+/m0/s1. The van der Waals surface area contributed by atoms with Gasteiger partial charge in [0.2, 0.25) is 0 Å². The Balaban J connectivity index is 1.51. The Morgan fingerprint density at radius 1 is 1.00 bits per heavy atom. The quantitative estimate of drug-likeness (QED) is 0.475. The number of aromatic amines is 1. The predicted molar refractivity (Wildman–Crippen MR) is 117 cm³/mol. The number of benzene rings is 2. The normalized spacial score (nSPS) is 17.0. The maximum atomic E-state index is 12.9. The van der Waals surface area contributed by atoms with Crippen molar-refractivity contribution in [1.82, 2.24) is 10.3 Å². The molecule has 2 aromatic carbocycles. The van der Waals surface area contributed by atoms with Crippen LogP contribution < -0.4 is 10.7 Å².